The Labute approximate surface area is 186 Å². The van der Waals surface area contributed by atoms with Crippen LogP contribution in [0.1, 0.15) is 73.1 Å². The number of fused-ring (bicyclic) bond motifs is 5. The molecular weight excluding hydrogens is 392 g/mol. The Bertz CT molecular complexity index is 792. The van der Waals surface area contributed by atoms with E-state index in [0.717, 1.165) is 25.7 Å². The molecular formula is C26H40O5. The summed E-state index contributed by atoms with van der Waals surface area (Å²) in [6, 6.07) is 0. The van der Waals surface area contributed by atoms with Crippen LogP contribution in [0, 0.1) is 28.6 Å². The normalized spacial score (nSPS) is 43.3. The first-order valence-electron chi connectivity index (χ1n) is 12.0. The zero-order valence-electron chi connectivity index (χ0n) is 19.7. The van der Waals surface area contributed by atoms with Crippen molar-refractivity contribution in [1.82, 2.24) is 0 Å². The third-order valence-corrected chi connectivity index (χ3v) is 9.45. The number of ketones is 1. The van der Waals surface area contributed by atoms with Crippen molar-refractivity contribution in [2.75, 3.05) is 6.61 Å². The molecule has 4 aliphatic carbocycles. The maximum Gasteiger partial charge on any atom is 0.189 e. The van der Waals surface area contributed by atoms with Gasteiger partial charge in [-0.3, -0.25) is 4.79 Å². The van der Waals surface area contributed by atoms with Crippen molar-refractivity contribution in [3.63, 3.8) is 0 Å². The third-order valence-electron chi connectivity index (χ3n) is 9.45. The van der Waals surface area contributed by atoms with Crippen LogP contribution in [0.25, 0.3) is 0 Å². The first-order valence-corrected chi connectivity index (χ1v) is 12.0. The van der Waals surface area contributed by atoms with Crippen LogP contribution in [0.15, 0.2) is 23.3 Å². The van der Waals surface area contributed by atoms with Crippen LogP contribution in [0.3, 0.4) is 0 Å². The van der Waals surface area contributed by atoms with E-state index < -0.39 is 17.8 Å². The summed E-state index contributed by atoms with van der Waals surface area (Å²) in [7, 11) is 0. The van der Waals surface area contributed by atoms with Crippen molar-refractivity contribution in [3.8, 4) is 0 Å². The van der Waals surface area contributed by atoms with Gasteiger partial charge in [0.05, 0.1) is 18.3 Å². The number of aliphatic hydroxyl groups is 3. The molecule has 3 N–H and O–H groups in total. The molecule has 4 aliphatic rings. The summed E-state index contributed by atoms with van der Waals surface area (Å²) in [5.41, 5.74) is 1.15. The predicted octanol–water partition coefficient (Wildman–Crippen LogP) is 3.56. The lowest BCUT2D eigenvalue weighted by Gasteiger charge is -2.56. The van der Waals surface area contributed by atoms with E-state index in [1.807, 2.05) is 0 Å². The number of hydrogen-bond donors (Lipinski definition) is 3. The number of rotatable bonds is 5. The molecule has 0 saturated heterocycles. The minimum absolute atomic E-state index is 0.0425. The average Bonchev–Trinajstić information content (AvgIpc) is 3.03. The molecule has 174 valence electrons. The van der Waals surface area contributed by atoms with Crippen LogP contribution < -0.4 is 0 Å². The minimum Gasteiger partial charge on any atom is -0.393 e. The fourth-order valence-electron chi connectivity index (χ4n) is 7.36. The number of allylic oxidation sites excluding steroid dienone is 3. The van der Waals surface area contributed by atoms with Gasteiger partial charge in [0, 0.05) is 11.8 Å². The van der Waals surface area contributed by atoms with E-state index in [1.54, 1.807) is 0 Å². The number of carbonyl (C=O) groups is 1. The molecule has 0 aromatic heterocycles. The first-order chi connectivity index (χ1) is 14.4. The van der Waals surface area contributed by atoms with E-state index in [-0.39, 0.29) is 29.3 Å². The summed E-state index contributed by atoms with van der Waals surface area (Å²) in [6.07, 6.45) is 8.89. The minimum atomic E-state index is -1.36. The lowest BCUT2D eigenvalue weighted by atomic mass is 9.49. The van der Waals surface area contributed by atoms with Gasteiger partial charge < -0.3 is 20.1 Å². The average molecular weight is 433 g/mol. The molecule has 0 bridgehead atoms. The van der Waals surface area contributed by atoms with Crippen molar-refractivity contribution in [2.24, 2.45) is 28.6 Å². The monoisotopic (exact) mass is 432 g/mol. The Kier molecular flexibility index (Phi) is 5.82. The fraction of sp³-hybridized carbons (Fsp3) is 0.808. The summed E-state index contributed by atoms with van der Waals surface area (Å²) in [5, 5.41) is 31.1. The van der Waals surface area contributed by atoms with Gasteiger partial charge in [-0.2, -0.15) is 0 Å². The van der Waals surface area contributed by atoms with Gasteiger partial charge in [-0.25, -0.2) is 0 Å². The molecule has 0 aromatic rings. The summed E-state index contributed by atoms with van der Waals surface area (Å²) < 4.78 is 5.99. The highest BCUT2D eigenvalue weighted by molar-refractivity contribution is 5.87. The van der Waals surface area contributed by atoms with E-state index in [1.165, 1.54) is 25.0 Å². The lowest BCUT2D eigenvalue weighted by molar-refractivity contribution is -0.143. The van der Waals surface area contributed by atoms with Gasteiger partial charge in [0.15, 0.2) is 5.78 Å². The number of hydrogen-bond acceptors (Lipinski definition) is 5. The highest BCUT2D eigenvalue weighted by Gasteiger charge is 2.59. The van der Waals surface area contributed by atoms with Crippen molar-refractivity contribution in [3.05, 3.63) is 23.3 Å². The van der Waals surface area contributed by atoms with Crippen molar-refractivity contribution in [1.29, 1.82) is 0 Å². The van der Waals surface area contributed by atoms with Crippen LogP contribution >= 0.6 is 0 Å². The van der Waals surface area contributed by atoms with Crippen LogP contribution in [-0.4, -0.2) is 51.6 Å². The fourth-order valence-corrected chi connectivity index (χ4v) is 7.36. The Morgan fingerprint density at radius 1 is 1.19 bits per heavy atom. The molecule has 0 spiro atoms. The molecule has 5 nitrogen and oxygen atoms in total. The molecule has 4 rings (SSSR count). The third kappa shape index (κ3) is 3.66. The van der Waals surface area contributed by atoms with E-state index in [9.17, 15) is 20.1 Å². The predicted molar refractivity (Wildman–Crippen MR) is 119 cm³/mol. The summed E-state index contributed by atoms with van der Waals surface area (Å²) in [4.78, 5) is 12.1. The van der Waals surface area contributed by atoms with Gasteiger partial charge in [0.2, 0.25) is 0 Å². The SMILES string of the molecule is C[C@H](OCC(=O)C(C)(C)O)[C@H]1CC[C@H]2C3=CC=C4C[C@@H](O)C[C@H](O)[C@]4(C)[C@H]3CC[C@]12C. The quantitative estimate of drug-likeness (QED) is 0.618. The summed E-state index contributed by atoms with van der Waals surface area (Å²) in [5.74, 6) is 0.878. The van der Waals surface area contributed by atoms with Crippen molar-refractivity contribution < 1.29 is 24.9 Å². The van der Waals surface area contributed by atoms with Gasteiger partial charge in [0.25, 0.3) is 0 Å². The summed E-state index contributed by atoms with van der Waals surface area (Å²) in [6.45, 7) is 9.62. The summed E-state index contributed by atoms with van der Waals surface area (Å²) >= 11 is 0. The largest absolute Gasteiger partial charge is 0.393 e. The van der Waals surface area contributed by atoms with Crippen LogP contribution in [0.4, 0.5) is 0 Å². The van der Waals surface area contributed by atoms with E-state index in [4.69, 9.17) is 4.74 Å². The van der Waals surface area contributed by atoms with Gasteiger partial charge in [-0.15, -0.1) is 0 Å². The second-order valence-corrected chi connectivity index (χ2v) is 11.6. The number of aliphatic hydroxyl groups excluding tert-OH is 2. The molecule has 0 heterocycles. The molecule has 0 aliphatic heterocycles. The van der Waals surface area contributed by atoms with Gasteiger partial charge in [0.1, 0.15) is 12.2 Å². The Balaban J connectivity index is 1.54. The Hall–Kier alpha value is -1.01. The topological polar surface area (TPSA) is 87.0 Å². The van der Waals surface area contributed by atoms with Gasteiger partial charge in [-0.1, -0.05) is 37.1 Å². The van der Waals surface area contributed by atoms with E-state index in [0.29, 0.717) is 30.6 Å². The molecule has 0 aromatic carbocycles. The Morgan fingerprint density at radius 3 is 2.58 bits per heavy atom. The Morgan fingerprint density at radius 2 is 1.90 bits per heavy atom. The number of ether oxygens (including phenoxy) is 1. The standard InChI is InChI=1S/C26H40O5/c1-15(31-14-23(29)24(2,3)30)19-8-9-20-18-7-6-16-12-17(27)13-22(28)26(16,5)21(18)10-11-25(19,20)4/h6-7,15,17,19-22,27-28,30H,8-14H2,1-5H3/t15-,17+,19+,20-,21-,22-,25+,26-/m0/s1. The highest BCUT2D eigenvalue weighted by atomic mass is 16.5. The number of carbonyl (C=O) groups excluding carboxylic acids is 1. The van der Waals surface area contributed by atoms with Crippen molar-refractivity contribution >= 4 is 5.78 Å². The molecule has 5 heteroatoms. The zero-order valence-corrected chi connectivity index (χ0v) is 19.7. The molecule has 3 fully saturated rings. The molecule has 0 unspecified atom stereocenters. The maximum atomic E-state index is 12.1. The van der Waals surface area contributed by atoms with E-state index in [2.05, 4.69) is 32.9 Å². The number of Topliss-reactive ketones (excluding diaryl/α,β-unsaturated/α-hetero) is 1. The zero-order chi connectivity index (χ0) is 22.8. The van der Waals surface area contributed by atoms with Crippen LogP contribution in [-0.2, 0) is 9.53 Å². The highest BCUT2D eigenvalue weighted by Crippen LogP contribution is 2.65. The first kappa shape index (κ1) is 23.2. The molecule has 0 amide bonds. The second-order valence-electron chi connectivity index (χ2n) is 11.6. The van der Waals surface area contributed by atoms with Crippen molar-refractivity contribution in [2.45, 2.75) is 97.1 Å². The second kappa shape index (κ2) is 7.79. The molecule has 31 heavy (non-hydrogen) atoms. The lowest BCUT2D eigenvalue weighted by Crippen LogP contribution is -2.52. The van der Waals surface area contributed by atoms with Crippen LogP contribution in [0.5, 0.6) is 0 Å². The maximum absolute atomic E-state index is 12.1. The van der Waals surface area contributed by atoms with E-state index >= 15 is 0 Å². The molecule has 3 saturated carbocycles. The smallest absolute Gasteiger partial charge is 0.189 e. The van der Waals surface area contributed by atoms with Gasteiger partial charge in [-0.05, 0) is 76.0 Å². The van der Waals surface area contributed by atoms with Gasteiger partial charge >= 0.3 is 0 Å². The molecule has 8 atom stereocenters. The molecule has 0 radical (unpaired) electrons. The van der Waals surface area contributed by atoms with Crippen LogP contribution in [0.2, 0.25) is 0 Å².